The molecule has 0 amide bonds. The maximum atomic E-state index is 12.3. The molecule has 0 aliphatic heterocycles. The molecule has 1 aromatic carbocycles. The number of carbonyl (C=O) groups excluding carboxylic acids is 1. The van der Waals surface area contributed by atoms with Crippen LogP contribution >= 0.6 is 0 Å². The molecular weight excluding hydrogens is 252 g/mol. The first-order valence-corrected chi connectivity index (χ1v) is 7.31. The highest BCUT2D eigenvalue weighted by molar-refractivity contribution is 5.98. The van der Waals surface area contributed by atoms with Gasteiger partial charge < -0.3 is 9.84 Å². The Morgan fingerprint density at radius 2 is 1.95 bits per heavy atom. The third-order valence-electron chi connectivity index (χ3n) is 3.26. The second kappa shape index (κ2) is 7.44. The Labute approximate surface area is 122 Å². The van der Waals surface area contributed by atoms with Gasteiger partial charge in [0.2, 0.25) is 0 Å². The third-order valence-corrected chi connectivity index (χ3v) is 3.26. The summed E-state index contributed by atoms with van der Waals surface area (Å²) in [6.45, 7) is 8.98. The average molecular weight is 278 g/mol. The first-order chi connectivity index (χ1) is 9.40. The Bertz CT molecular complexity index is 444. The normalized spacial score (nSPS) is 11.4. The molecule has 0 radical (unpaired) electrons. The van der Waals surface area contributed by atoms with Gasteiger partial charge in [-0.15, -0.1) is 0 Å². The fourth-order valence-electron chi connectivity index (χ4n) is 2.03. The van der Waals surface area contributed by atoms with Gasteiger partial charge in [0.1, 0.15) is 5.75 Å². The number of hydrogen-bond acceptors (Lipinski definition) is 3. The smallest absolute Gasteiger partial charge is 0.166 e. The standard InChI is InChI=1S/C17H26O3/c1-5-20-16-10-9-13(17(2,3)4)12-14(16)15(19)8-6-7-11-18/h9-10,12,18H,5-8,11H2,1-4H3. The van der Waals surface area contributed by atoms with Gasteiger partial charge in [0, 0.05) is 13.0 Å². The van der Waals surface area contributed by atoms with Gasteiger partial charge >= 0.3 is 0 Å². The van der Waals surface area contributed by atoms with Gasteiger partial charge in [-0.05, 0) is 42.9 Å². The molecule has 0 aliphatic rings. The maximum Gasteiger partial charge on any atom is 0.166 e. The lowest BCUT2D eigenvalue weighted by atomic mass is 9.85. The quantitative estimate of drug-likeness (QED) is 0.610. The number of hydrogen-bond donors (Lipinski definition) is 1. The fraction of sp³-hybridized carbons (Fsp3) is 0.588. The summed E-state index contributed by atoms with van der Waals surface area (Å²) in [6.07, 6.45) is 1.82. The van der Waals surface area contributed by atoms with Crippen LogP contribution in [-0.2, 0) is 5.41 Å². The Kier molecular flexibility index (Phi) is 6.21. The molecule has 0 unspecified atom stereocenters. The Morgan fingerprint density at radius 1 is 1.25 bits per heavy atom. The van der Waals surface area contributed by atoms with E-state index < -0.39 is 0 Å². The van der Waals surface area contributed by atoms with E-state index in [4.69, 9.17) is 9.84 Å². The van der Waals surface area contributed by atoms with Gasteiger partial charge in [-0.3, -0.25) is 4.79 Å². The predicted molar refractivity (Wildman–Crippen MR) is 81.6 cm³/mol. The summed E-state index contributed by atoms with van der Waals surface area (Å²) in [5, 5.41) is 8.80. The molecule has 0 saturated carbocycles. The van der Waals surface area contributed by atoms with Crippen LogP contribution in [-0.4, -0.2) is 24.1 Å². The van der Waals surface area contributed by atoms with E-state index in [0.29, 0.717) is 37.2 Å². The van der Waals surface area contributed by atoms with E-state index in [1.54, 1.807) is 0 Å². The van der Waals surface area contributed by atoms with Crippen LogP contribution in [0.5, 0.6) is 5.75 Å². The number of Topliss-reactive ketones (excluding diaryl/α,β-unsaturated/α-hetero) is 1. The van der Waals surface area contributed by atoms with Gasteiger partial charge in [-0.1, -0.05) is 26.8 Å². The van der Waals surface area contributed by atoms with Crippen molar-refractivity contribution in [2.75, 3.05) is 13.2 Å². The van der Waals surface area contributed by atoms with Crippen molar-refractivity contribution < 1.29 is 14.6 Å². The maximum absolute atomic E-state index is 12.3. The highest BCUT2D eigenvalue weighted by atomic mass is 16.5. The lowest BCUT2D eigenvalue weighted by Gasteiger charge is -2.21. The molecule has 0 saturated heterocycles. The number of aliphatic hydroxyl groups excluding tert-OH is 1. The number of ether oxygens (including phenoxy) is 1. The molecule has 0 fully saturated rings. The van der Waals surface area contributed by atoms with Gasteiger partial charge in [0.05, 0.1) is 12.2 Å². The Balaban J connectivity index is 3.02. The number of carbonyl (C=O) groups is 1. The van der Waals surface area contributed by atoms with E-state index >= 15 is 0 Å². The number of aliphatic hydroxyl groups is 1. The van der Waals surface area contributed by atoms with Crippen molar-refractivity contribution in [3.05, 3.63) is 29.3 Å². The first kappa shape index (κ1) is 16.7. The molecule has 3 heteroatoms. The largest absolute Gasteiger partial charge is 0.493 e. The number of ketones is 1. The van der Waals surface area contributed by atoms with Crippen molar-refractivity contribution in [3.63, 3.8) is 0 Å². The molecule has 0 aromatic heterocycles. The Morgan fingerprint density at radius 3 is 2.50 bits per heavy atom. The molecule has 1 aromatic rings. The number of benzene rings is 1. The fourth-order valence-corrected chi connectivity index (χ4v) is 2.03. The van der Waals surface area contributed by atoms with Crippen LogP contribution in [0, 0.1) is 0 Å². The molecule has 1 rings (SSSR count). The summed E-state index contributed by atoms with van der Waals surface area (Å²) in [6, 6.07) is 5.87. The zero-order valence-corrected chi connectivity index (χ0v) is 13.0. The average Bonchev–Trinajstić information content (AvgIpc) is 2.38. The number of rotatable bonds is 7. The summed E-state index contributed by atoms with van der Waals surface area (Å²) in [4.78, 5) is 12.3. The van der Waals surface area contributed by atoms with Crippen LogP contribution in [0.4, 0.5) is 0 Å². The molecule has 3 nitrogen and oxygen atoms in total. The third kappa shape index (κ3) is 4.64. The molecular formula is C17H26O3. The van der Waals surface area contributed by atoms with Crippen LogP contribution < -0.4 is 4.74 Å². The van der Waals surface area contributed by atoms with Crippen molar-refractivity contribution in [2.24, 2.45) is 0 Å². The van der Waals surface area contributed by atoms with Crippen molar-refractivity contribution >= 4 is 5.78 Å². The highest BCUT2D eigenvalue weighted by Crippen LogP contribution is 2.29. The molecule has 112 valence electrons. The summed E-state index contributed by atoms with van der Waals surface area (Å²) >= 11 is 0. The molecule has 20 heavy (non-hydrogen) atoms. The second-order valence-corrected chi connectivity index (χ2v) is 6.00. The zero-order chi connectivity index (χ0) is 15.2. The highest BCUT2D eigenvalue weighted by Gasteiger charge is 2.19. The van der Waals surface area contributed by atoms with Crippen LogP contribution in [0.15, 0.2) is 18.2 Å². The van der Waals surface area contributed by atoms with Crippen molar-refractivity contribution in [1.82, 2.24) is 0 Å². The van der Waals surface area contributed by atoms with E-state index in [0.717, 1.165) is 5.56 Å². The van der Waals surface area contributed by atoms with E-state index in [1.165, 1.54) is 0 Å². The van der Waals surface area contributed by atoms with Crippen LogP contribution in [0.3, 0.4) is 0 Å². The van der Waals surface area contributed by atoms with Gasteiger partial charge in [-0.25, -0.2) is 0 Å². The SMILES string of the molecule is CCOc1ccc(C(C)(C)C)cc1C(=O)CCCCO. The molecule has 0 heterocycles. The van der Waals surface area contributed by atoms with Gasteiger partial charge in [0.15, 0.2) is 5.78 Å². The monoisotopic (exact) mass is 278 g/mol. The predicted octanol–water partition coefficient (Wildman–Crippen LogP) is 3.73. The van der Waals surface area contributed by atoms with Crippen molar-refractivity contribution in [2.45, 2.75) is 52.4 Å². The van der Waals surface area contributed by atoms with Crippen molar-refractivity contribution in [3.8, 4) is 5.75 Å². The van der Waals surface area contributed by atoms with E-state index in [1.807, 2.05) is 25.1 Å². The minimum Gasteiger partial charge on any atom is -0.493 e. The number of unbranched alkanes of at least 4 members (excludes halogenated alkanes) is 1. The van der Waals surface area contributed by atoms with E-state index in [9.17, 15) is 4.79 Å². The van der Waals surface area contributed by atoms with Crippen LogP contribution in [0.25, 0.3) is 0 Å². The van der Waals surface area contributed by atoms with Gasteiger partial charge in [-0.2, -0.15) is 0 Å². The lowest BCUT2D eigenvalue weighted by molar-refractivity contribution is 0.0973. The second-order valence-electron chi connectivity index (χ2n) is 6.00. The molecule has 0 bridgehead atoms. The summed E-state index contributed by atoms with van der Waals surface area (Å²) in [5.74, 6) is 0.752. The summed E-state index contributed by atoms with van der Waals surface area (Å²) in [5.41, 5.74) is 1.80. The van der Waals surface area contributed by atoms with E-state index in [2.05, 4.69) is 20.8 Å². The van der Waals surface area contributed by atoms with Crippen molar-refractivity contribution in [1.29, 1.82) is 0 Å². The van der Waals surface area contributed by atoms with E-state index in [-0.39, 0.29) is 17.8 Å². The first-order valence-electron chi connectivity index (χ1n) is 7.31. The summed E-state index contributed by atoms with van der Waals surface area (Å²) < 4.78 is 5.56. The topological polar surface area (TPSA) is 46.5 Å². The molecule has 0 spiro atoms. The minimum absolute atomic E-state index is 0.00483. The molecule has 0 aliphatic carbocycles. The summed E-state index contributed by atoms with van der Waals surface area (Å²) in [7, 11) is 0. The van der Waals surface area contributed by atoms with Crippen LogP contribution in [0.2, 0.25) is 0 Å². The lowest BCUT2D eigenvalue weighted by Crippen LogP contribution is -2.13. The zero-order valence-electron chi connectivity index (χ0n) is 13.0. The van der Waals surface area contributed by atoms with Gasteiger partial charge in [0.25, 0.3) is 0 Å². The van der Waals surface area contributed by atoms with Crippen LogP contribution in [0.1, 0.15) is 62.9 Å². The molecule has 1 N–H and O–H groups in total. The minimum atomic E-state index is 0.00483. The molecule has 0 atom stereocenters. The Hall–Kier alpha value is -1.35.